The van der Waals surface area contributed by atoms with E-state index in [0.29, 0.717) is 17.9 Å². The van der Waals surface area contributed by atoms with Gasteiger partial charge in [-0.15, -0.1) is 0 Å². The van der Waals surface area contributed by atoms with E-state index in [9.17, 15) is 13.2 Å². The molecular formula is C23H26N2O5S. The van der Waals surface area contributed by atoms with Gasteiger partial charge in [0.1, 0.15) is 23.1 Å². The zero-order valence-corrected chi connectivity index (χ0v) is 18.8. The molecule has 3 rings (SSSR count). The lowest BCUT2D eigenvalue weighted by molar-refractivity contribution is -0.119. The highest BCUT2D eigenvalue weighted by Crippen LogP contribution is 2.36. The summed E-state index contributed by atoms with van der Waals surface area (Å²) in [5.74, 6) is 0.360. The van der Waals surface area contributed by atoms with Crippen molar-refractivity contribution in [2.75, 3.05) is 26.1 Å². The van der Waals surface area contributed by atoms with Gasteiger partial charge in [-0.1, -0.05) is 30.3 Å². The van der Waals surface area contributed by atoms with Gasteiger partial charge in [-0.3, -0.25) is 4.79 Å². The molecule has 8 heteroatoms. The third-order valence-corrected chi connectivity index (χ3v) is 7.06. The van der Waals surface area contributed by atoms with E-state index in [-0.39, 0.29) is 22.2 Å². The molecule has 0 radical (unpaired) electrons. The van der Waals surface area contributed by atoms with Crippen molar-refractivity contribution >= 4 is 21.6 Å². The van der Waals surface area contributed by atoms with Crippen molar-refractivity contribution in [2.45, 2.75) is 30.2 Å². The minimum Gasteiger partial charge on any atom is -0.497 e. The molecule has 164 valence electrons. The summed E-state index contributed by atoms with van der Waals surface area (Å²) in [6, 6.07) is 15.8. The maximum atomic E-state index is 13.6. The van der Waals surface area contributed by atoms with E-state index in [2.05, 4.69) is 5.32 Å². The van der Waals surface area contributed by atoms with E-state index in [1.165, 1.54) is 26.4 Å². The van der Waals surface area contributed by atoms with Crippen molar-refractivity contribution in [3.05, 3.63) is 71.4 Å². The highest BCUT2D eigenvalue weighted by atomic mass is 32.2. The first-order valence-electron chi connectivity index (χ1n) is 9.71. The molecule has 0 fully saturated rings. The Morgan fingerprint density at radius 2 is 1.65 bits per heavy atom. The molecule has 1 heterocycles. The van der Waals surface area contributed by atoms with Crippen LogP contribution in [0.15, 0.2) is 64.4 Å². The fourth-order valence-electron chi connectivity index (χ4n) is 3.42. The van der Waals surface area contributed by atoms with Gasteiger partial charge in [0.05, 0.1) is 12.0 Å². The van der Waals surface area contributed by atoms with Crippen LogP contribution in [-0.4, -0.2) is 39.7 Å². The lowest BCUT2D eigenvalue weighted by atomic mass is 10.2. The van der Waals surface area contributed by atoms with E-state index in [4.69, 9.17) is 9.47 Å². The molecule has 0 spiro atoms. The van der Waals surface area contributed by atoms with Crippen molar-refractivity contribution in [3.63, 3.8) is 0 Å². The third-order valence-electron chi connectivity index (χ3n) is 5.13. The molecule has 3 aromatic rings. The van der Waals surface area contributed by atoms with Gasteiger partial charge in [0.15, 0.2) is 0 Å². The first-order valence-corrected chi connectivity index (χ1v) is 11.2. The van der Waals surface area contributed by atoms with Crippen LogP contribution in [0.5, 0.6) is 5.75 Å². The Morgan fingerprint density at radius 3 is 2.23 bits per heavy atom. The quantitative estimate of drug-likeness (QED) is 0.576. The average molecular weight is 443 g/mol. The molecule has 0 saturated heterocycles. The summed E-state index contributed by atoms with van der Waals surface area (Å²) >= 11 is 0. The molecule has 7 nitrogen and oxygen atoms in total. The standard InChI is InChI=1S/C23H26N2O5S/c1-16-17(2)25(14-18-8-6-5-7-9-18)23(24-21(26)15-29-3)22(16)31(27,28)20-12-10-19(30-4)11-13-20/h5-13H,14-15H2,1-4H3,(H,24,26). The second-order valence-corrected chi connectivity index (χ2v) is 9.01. The van der Waals surface area contributed by atoms with Crippen LogP contribution in [0.4, 0.5) is 5.82 Å². The zero-order chi connectivity index (χ0) is 22.6. The molecule has 1 amide bonds. The summed E-state index contributed by atoms with van der Waals surface area (Å²) in [5.41, 5.74) is 2.32. The van der Waals surface area contributed by atoms with Crippen LogP contribution >= 0.6 is 0 Å². The molecule has 31 heavy (non-hydrogen) atoms. The molecule has 0 bridgehead atoms. The van der Waals surface area contributed by atoms with Gasteiger partial charge >= 0.3 is 0 Å². The molecule has 0 aliphatic carbocycles. The van der Waals surface area contributed by atoms with Crippen LogP contribution in [-0.2, 0) is 25.9 Å². The molecule has 2 aromatic carbocycles. The van der Waals surface area contributed by atoms with Crippen LogP contribution in [0.25, 0.3) is 0 Å². The van der Waals surface area contributed by atoms with Gasteiger partial charge in [-0.2, -0.15) is 0 Å². The van der Waals surface area contributed by atoms with Gasteiger partial charge < -0.3 is 19.4 Å². The lowest BCUT2D eigenvalue weighted by Gasteiger charge is -2.15. The van der Waals surface area contributed by atoms with E-state index in [0.717, 1.165) is 11.3 Å². The number of nitrogens with zero attached hydrogens (tertiary/aromatic N) is 1. The largest absolute Gasteiger partial charge is 0.497 e. The highest BCUT2D eigenvalue weighted by molar-refractivity contribution is 7.91. The van der Waals surface area contributed by atoms with Crippen LogP contribution < -0.4 is 10.1 Å². The lowest BCUT2D eigenvalue weighted by Crippen LogP contribution is -2.21. The van der Waals surface area contributed by atoms with Crippen molar-refractivity contribution in [1.82, 2.24) is 4.57 Å². The van der Waals surface area contributed by atoms with E-state index >= 15 is 0 Å². The number of ether oxygens (including phenoxy) is 2. The summed E-state index contributed by atoms with van der Waals surface area (Å²) < 4.78 is 39.1. The Balaban J connectivity index is 2.17. The van der Waals surface area contributed by atoms with Gasteiger partial charge in [0, 0.05) is 19.3 Å². The molecule has 0 saturated carbocycles. The number of carbonyl (C=O) groups is 1. The second kappa shape index (κ2) is 9.36. The van der Waals surface area contributed by atoms with Crippen molar-refractivity contribution in [3.8, 4) is 5.75 Å². The molecule has 1 aromatic heterocycles. The number of rotatable bonds is 8. The second-order valence-electron chi connectivity index (χ2n) is 7.12. The topological polar surface area (TPSA) is 86.6 Å². The summed E-state index contributed by atoms with van der Waals surface area (Å²) in [4.78, 5) is 12.6. The smallest absolute Gasteiger partial charge is 0.251 e. The van der Waals surface area contributed by atoms with Crippen LogP contribution in [0, 0.1) is 13.8 Å². The van der Waals surface area contributed by atoms with Gasteiger partial charge in [0.2, 0.25) is 9.84 Å². The SMILES string of the molecule is COCC(=O)Nc1c(S(=O)(=O)c2ccc(OC)cc2)c(C)c(C)n1Cc1ccccc1. The monoisotopic (exact) mass is 442 g/mol. The Labute approximate surface area is 182 Å². The maximum Gasteiger partial charge on any atom is 0.251 e. The molecular weight excluding hydrogens is 416 g/mol. The number of hydrogen-bond acceptors (Lipinski definition) is 5. The minimum absolute atomic E-state index is 0.0792. The third kappa shape index (κ3) is 4.65. The molecule has 1 N–H and O–H groups in total. The Kier molecular flexibility index (Phi) is 6.82. The number of methoxy groups -OCH3 is 2. The number of benzene rings is 2. The first kappa shape index (κ1) is 22.6. The van der Waals surface area contributed by atoms with Gasteiger partial charge in [-0.25, -0.2) is 8.42 Å². The first-order chi connectivity index (χ1) is 14.8. The fourth-order valence-corrected chi connectivity index (χ4v) is 5.12. The van der Waals surface area contributed by atoms with Crippen LogP contribution in [0.3, 0.4) is 0 Å². The van der Waals surface area contributed by atoms with E-state index in [1.807, 2.05) is 41.8 Å². The molecule has 0 aliphatic rings. The molecule has 0 unspecified atom stereocenters. The number of hydrogen-bond donors (Lipinski definition) is 1. The Hall–Kier alpha value is -3.10. The number of carbonyl (C=O) groups excluding carboxylic acids is 1. The predicted octanol–water partition coefficient (Wildman–Crippen LogP) is 3.58. The number of amides is 1. The van der Waals surface area contributed by atoms with Gasteiger partial charge in [-0.05, 0) is 49.2 Å². The van der Waals surface area contributed by atoms with Crippen molar-refractivity contribution in [1.29, 1.82) is 0 Å². The van der Waals surface area contributed by atoms with Crippen LogP contribution in [0.1, 0.15) is 16.8 Å². The Morgan fingerprint density at radius 1 is 1.00 bits per heavy atom. The molecule has 0 atom stereocenters. The fraction of sp³-hybridized carbons (Fsp3) is 0.261. The van der Waals surface area contributed by atoms with E-state index in [1.54, 1.807) is 19.1 Å². The minimum atomic E-state index is -3.91. The maximum absolute atomic E-state index is 13.6. The number of nitrogens with one attached hydrogen (secondary N) is 1. The van der Waals surface area contributed by atoms with Crippen molar-refractivity contribution < 1.29 is 22.7 Å². The van der Waals surface area contributed by atoms with E-state index < -0.39 is 15.7 Å². The predicted molar refractivity (Wildman–Crippen MR) is 118 cm³/mol. The van der Waals surface area contributed by atoms with Gasteiger partial charge in [0.25, 0.3) is 5.91 Å². The van der Waals surface area contributed by atoms with Crippen LogP contribution in [0.2, 0.25) is 0 Å². The number of aromatic nitrogens is 1. The van der Waals surface area contributed by atoms with Crippen molar-refractivity contribution in [2.24, 2.45) is 0 Å². The summed E-state index contributed by atoms with van der Waals surface area (Å²) in [6.07, 6.45) is 0. The summed E-state index contributed by atoms with van der Waals surface area (Å²) in [5, 5.41) is 2.76. The Bertz CT molecular complexity index is 1170. The molecule has 0 aliphatic heterocycles. The normalized spacial score (nSPS) is 11.4. The number of anilines is 1. The summed E-state index contributed by atoms with van der Waals surface area (Å²) in [6.45, 7) is 3.82. The zero-order valence-electron chi connectivity index (χ0n) is 18.0. The average Bonchev–Trinajstić information content (AvgIpc) is 2.99. The highest BCUT2D eigenvalue weighted by Gasteiger charge is 2.30. The number of sulfone groups is 1. The summed E-state index contributed by atoms with van der Waals surface area (Å²) in [7, 11) is -0.983.